The average molecular weight is 223 g/mol. The Labute approximate surface area is 95.8 Å². The van der Waals surface area contributed by atoms with Crippen molar-refractivity contribution < 1.29 is 9.13 Å². The molecule has 0 radical (unpaired) electrons. The maximum Gasteiger partial charge on any atom is 0.126 e. The van der Waals surface area contributed by atoms with Gasteiger partial charge in [-0.1, -0.05) is 0 Å². The van der Waals surface area contributed by atoms with Crippen LogP contribution in [-0.4, -0.2) is 19.7 Å². The Balaban J connectivity index is 1.86. The van der Waals surface area contributed by atoms with Crippen molar-refractivity contribution in [1.82, 2.24) is 5.32 Å². The van der Waals surface area contributed by atoms with Crippen molar-refractivity contribution in [3.8, 4) is 5.75 Å². The lowest BCUT2D eigenvalue weighted by Crippen LogP contribution is -2.33. The third-order valence-electron chi connectivity index (χ3n) is 3.01. The van der Waals surface area contributed by atoms with Crippen molar-refractivity contribution >= 4 is 0 Å². The summed E-state index contributed by atoms with van der Waals surface area (Å²) in [5, 5.41) is 3.35. The Hall–Kier alpha value is -1.09. The van der Waals surface area contributed by atoms with Crippen LogP contribution in [0.15, 0.2) is 18.2 Å². The number of hydrogen-bond donors (Lipinski definition) is 1. The van der Waals surface area contributed by atoms with Crippen LogP contribution in [0.3, 0.4) is 0 Å². The van der Waals surface area contributed by atoms with E-state index in [0.717, 1.165) is 25.4 Å². The number of aryl methyl sites for hydroxylation is 1. The molecule has 1 fully saturated rings. The standard InChI is InChI=1S/C13H18FNO/c1-10-7-12(4-5-13(10)14)16-9-11-3-2-6-15-8-11/h4-5,7,11,15H,2-3,6,8-9H2,1H3/t11-/m0/s1. The Morgan fingerprint density at radius 3 is 3.06 bits per heavy atom. The summed E-state index contributed by atoms with van der Waals surface area (Å²) >= 11 is 0. The zero-order chi connectivity index (χ0) is 11.4. The van der Waals surface area contributed by atoms with Crippen LogP contribution in [0.25, 0.3) is 0 Å². The predicted octanol–water partition coefficient (Wildman–Crippen LogP) is 2.51. The van der Waals surface area contributed by atoms with Gasteiger partial charge in [-0.2, -0.15) is 0 Å². The van der Waals surface area contributed by atoms with Crippen LogP contribution < -0.4 is 10.1 Å². The van der Waals surface area contributed by atoms with Crippen LogP contribution >= 0.6 is 0 Å². The summed E-state index contributed by atoms with van der Waals surface area (Å²) in [7, 11) is 0. The first-order chi connectivity index (χ1) is 7.75. The molecule has 1 aliphatic rings. The maximum absolute atomic E-state index is 13.0. The molecule has 0 saturated carbocycles. The summed E-state index contributed by atoms with van der Waals surface area (Å²) in [5.74, 6) is 1.18. The van der Waals surface area contributed by atoms with Crippen LogP contribution in [0.1, 0.15) is 18.4 Å². The molecular weight excluding hydrogens is 205 g/mol. The minimum atomic E-state index is -0.174. The Kier molecular flexibility index (Phi) is 3.78. The molecule has 1 saturated heterocycles. The highest BCUT2D eigenvalue weighted by Gasteiger charge is 2.13. The molecular formula is C13H18FNO. The van der Waals surface area contributed by atoms with Crippen molar-refractivity contribution in [2.45, 2.75) is 19.8 Å². The second kappa shape index (κ2) is 5.30. The first-order valence-corrected chi connectivity index (χ1v) is 5.85. The van der Waals surface area contributed by atoms with Gasteiger partial charge in [0.2, 0.25) is 0 Å². The molecule has 1 aliphatic heterocycles. The van der Waals surface area contributed by atoms with E-state index < -0.39 is 0 Å². The lowest BCUT2D eigenvalue weighted by molar-refractivity contribution is 0.218. The average Bonchev–Trinajstić information content (AvgIpc) is 2.32. The van der Waals surface area contributed by atoms with Gasteiger partial charge in [0.1, 0.15) is 11.6 Å². The van der Waals surface area contributed by atoms with Crippen molar-refractivity contribution in [3.63, 3.8) is 0 Å². The Morgan fingerprint density at radius 1 is 1.50 bits per heavy atom. The van der Waals surface area contributed by atoms with Crippen LogP contribution in [0.4, 0.5) is 4.39 Å². The van der Waals surface area contributed by atoms with E-state index in [9.17, 15) is 4.39 Å². The fraction of sp³-hybridized carbons (Fsp3) is 0.538. The van der Waals surface area contributed by atoms with Crippen molar-refractivity contribution in [2.24, 2.45) is 5.92 Å². The maximum atomic E-state index is 13.0. The largest absolute Gasteiger partial charge is 0.493 e. The molecule has 0 aliphatic carbocycles. The highest BCUT2D eigenvalue weighted by molar-refractivity contribution is 5.28. The molecule has 0 amide bonds. The molecule has 1 aromatic rings. The van der Waals surface area contributed by atoms with Gasteiger partial charge in [-0.05, 0) is 50.1 Å². The smallest absolute Gasteiger partial charge is 0.126 e. The molecule has 2 rings (SSSR count). The molecule has 88 valence electrons. The Morgan fingerprint density at radius 2 is 2.38 bits per heavy atom. The second-order valence-electron chi connectivity index (χ2n) is 4.43. The van der Waals surface area contributed by atoms with Gasteiger partial charge in [-0.15, -0.1) is 0 Å². The van der Waals surface area contributed by atoms with Gasteiger partial charge >= 0.3 is 0 Å². The van der Waals surface area contributed by atoms with E-state index >= 15 is 0 Å². The number of ether oxygens (including phenoxy) is 1. The zero-order valence-electron chi connectivity index (χ0n) is 9.63. The summed E-state index contributed by atoms with van der Waals surface area (Å²) in [4.78, 5) is 0. The number of halogens is 1. The second-order valence-corrected chi connectivity index (χ2v) is 4.43. The number of benzene rings is 1. The number of hydrogen-bond acceptors (Lipinski definition) is 2. The molecule has 0 bridgehead atoms. The van der Waals surface area contributed by atoms with Crippen molar-refractivity contribution in [1.29, 1.82) is 0 Å². The van der Waals surface area contributed by atoms with Crippen molar-refractivity contribution in [2.75, 3.05) is 19.7 Å². The van der Waals surface area contributed by atoms with Gasteiger partial charge in [0, 0.05) is 12.5 Å². The monoisotopic (exact) mass is 223 g/mol. The van der Waals surface area contributed by atoms with E-state index in [1.165, 1.54) is 18.9 Å². The van der Waals surface area contributed by atoms with Crippen LogP contribution in [0.2, 0.25) is 0 Å². The molecule has 0 spiro atoms. The summed E-state index contributed by atoms with van der Waals surface area (Å²) in [5.41, 5.74) is 0.638. The topological polar surface area (TPSA) is 21.3 Å². The van der Waals surface area contributed by atoms with Gasteiger partial charge in [0.15, 0.2) is 0 Å². The first-order valence-electron chi connectivity index (χ1n) is 5.85. The van der Waals surface area contributed by atoms with E-state index in [1.54, 1.807) is 19.1 Å². The molecule has 1 atom stereocenters. The highest BCUT2D eigenvalue weighted by atomic mass is 19.1. The SMILES string of the molecule is Cc1cc(OC[C@H]2CCCNC2)ccc1F. The molecule has 2 nitrogen and oxygen atoms in total. The van der Waals surface area contributed by atoms with Crippen molar-refractivity contribution in [3.05, 3.63) is 29.6 Å². The van der Waals surface area contributed by atoms with Crippen LogP contribution in [0, 0.1) is 18.7 Å². The molecule has 3 heteroatoms. The predicted molar refractivity (Wildman–Crippen MR) is 62.2 cm³/mol. The molecule has 0 unspecified atom stereocenters. The summed E-state index contributed by atoms with van der Waals surface area (Å²) < 4.78 is 18.7. The quantitative estimate of drug-likeness (QED) is 0.850. The minimum absolute atomic E-state index is 0.174. The molecule has 1 N–H and O–H groups in total. The van der Waals surface area contributed by atoms with Gasteiger partial charge in [-0.25, -0.2) is 4.39 Å². The third-order valence-corrected chi connectivity index (χ3v) is 3.01. The van der Waals surface area contributed by atoms with Crippen LogP contribution in [0.5, 0.6) is 5.75 Å². The molecule has 0 aromatic heterocycles. The number of rotatable bonds is 3. The van der Waals surface area contributed by atoms with E-state index in [-0.39, 0.29) is 5.82 Å². The fourth-order valence-corrected chi connectivity index (χ4v) is 1.99. The molecule has 1 aromatic carbocycles. The number of nitrogens with one attached hydrogen (secondary N) is 1. The zero-order valence-corrected chi connectivity index (χ0v) is 9.63. The highest BCUT2D eigenvalue weighted by Crippen LogP contribution is 2.18. The fourth-order valence-electron chi connectivity index (χ4n) is 1.99. The van der Waals surface area contributed by atoms with Gasteiger partial charge in [-0.3, -0.25) is 0 Å². The summed E-state index contributed by atoms with van der Waals surface area (Å²) in [6.07, 6.45) is 2.43. The summed E-state index contributed by atoms with van der Waals surface area (Å²) in [6, 6.07) is 4.91. The summed E-state index contributed by atoms with van der Waals surface area (Å²) in [6.45, 7) is 4.62. The lowest BCUT2D eigenvalue weighted by Gasteiger charge is -2.22. The van der Waals surface area contributed by atoms with E-state index in [1.807, 2.05) is 0 Å². The first kappa shape index (κ1) is 11.4. The van der Waals surface area contributed by atoms with E-state index in [2.05, 4.69) is 5.32 Å². The molecule has 1 heterocycles. The van der Waals surface area contributed by atoms with Gasteiger partial charge in [0.25, 0.3) is 0 Å². The van der Waals surface area contributed by atoms with Crippen LogP contribution in [-0.2, 0) is 0 Å². The molecule has 16 heavy (non-hydrogen) atoms. The minimum Gasteiger partial charge on any atom is -0.493 e. The van der Waals surface area contributed by atoms with E-state index in [0.29, 0.717) is 11.5 Å². The van der Waals surface area contributed by atoms with Gasteiger partial charge < -0.3 is 10.1 Å². The third kappa shape index (κ3) is 2.95. The van der Waals surface area contributed by atoms with E-state index in [4.69, 9.17) is 4.74 Å². The van der Waals surface area contributed by atoms with Gasteiger partial charge in [0.05, 0.1) is 6.61 Å². The Bertz CT molecular complexity index is 348. The normalized spacial score (nSPS) is 20.8. The number of piperidine rings is 1. The lowest BCUT2D eigenvalue weighted by atomic mass is 10.0.